The Morgan fingerprint density at radius 2 is 1.78 bits per heavy atom. The molecule has 1 atom stereocenters. The number of rotatable bonds is 9. The van der Waals surface area contributed by atoms with Crippen LogP contribution in [0.3, 0.4) is 0 Å². The lowest BCUT2D eigenvalue weighted by atomic mass is 9.73. The topological polar surface area (TPSA) is 27.0 Å². The second-order valence-corrected chi connectivity index (χ2v) is 8.30. The highest BCUT2D eigenvalue weighted by Crippen LogP contribution is 2.50. The van der Waals surface area contributed by atoms with Crippen LogP contribution in [0.5, 0.6) is 0 Å². The fourth-order valence-corrected chi connectivity index (χ4v) is 4.10. The minimum Gasteiger partial charge on any atom is -0.306 e. The van der Waals surface area contributed by atoms with Gasteiger partial charge in [-0.15, -0.1) is 0 Å². The Bertz CT molecular complexity index is 786. The molecule has 0 heterocycles. The van der Waals surface area contributed by atoms with Gasteiger partial charge in [-0.25, -0.2) is 0 Å². The van der Waals surface area contributed by atoms with Gasteiger partial charge in [-0.1, -0.05) is 48.5 Å². The Morgan fingerprint density at radius 1 is 1.04 bits per heavy atom. The minimum absolute atomic E-state index is 0.293. The van der Waals surface area contributed by atoms with Crippen LogP contribution in [0.2, 0.25) is 0 Å². The van der Waals surface area contributed by atoms with Gasteiger partial charge < -0.3 is 4.90 Å². The zero-order chi connectivity index (χ0) is 19.3. The van der Waals surface area contributed by atoms with Crippen LogP contribution >= 0.6 is 0 Å². The van der Waals surface area contributed by atoms with Crippen molar-refractivity contribution >= 4 is 0 Å². The molecule has 1 unspecified atom stereocenters. The van der Waals surface area contributed by atoms with E-state index in [4.69, 9.17) is 0 Å². The van der Waals surface area contributed by atoms with E-state index in [0.29, 0.717) is 5.92 Å². The Kier molecular flexibility index (Phi) is 6.34. The summed E-state index contributed by atoms with van der Waals surface area (Å²) in [4.78, 5) is 2.41. The maximum Gasteiger partial charge on any atom is 0.0851 e. The van der Waals surface area contributed by atoms with Crippen molar-refractivity contribution in [1.82, 2.24) is 4.90 Å². The number of hydrogen-bond donors (Lipinski definition) is 0. The van der Waals surface area contributed by atoms with Crippen molar-refractivity contribution in [3.63, 3.8) is 0 Å². The van der Waals surface area contributed by atoms with E-state index in [1.54, 1.807) is 0 Å². The maximum absolute atomic E-state index is 10.2. The van der Waals surface area contributed by atoms with Crippen LogP contribution in [0, 0.1) is 31.1 Å². The summed E-state index contributed by atoms with van der Waals surface area (Å²) in [5.41, 5.74) is 4.94. The average molecular weight is 361 g/mol. The lowest BCUT2D eigenvalue weighted by Crippen LogP contribution is -2.30. The predicted octanol–water partition coefficient (Wildman–Crippen LogP) is 5.43. The average Bonchev–Trinajstić information content (AvgIpc) is 3.52. The summed E-state index contributed by atoms with van der Waals surface area (Å²) in [6, 6.07) is 20.1. The second kappa shape index (κ2) is 8.72. The fourth-order valence-electron chi connectivity index (χ4n) is 4.10. The molecule has 0 aromatic heterocycles. The number of benzene rings is 2. The third-order valence-electron chi connectivity index (χ3n) is 6.23. The summed E-state index contributed by atoms with van der Waals surface area (Å²) in [5.74, 6) is 0.541. The van der Waals surface area contributed by atoms with E-state index in [9.17, 15) is 5.26 Å². The Balaban J connectivity index is 1.59. The molecule has 0 saturated heterocycles. The van der Waals surface area contributed by atoms with Crippen LogP contribution in [0.1, 0.15) is 47.9 Å². The zero-order valence-electron chi connectivity index (χ0n) is 17.0. The van der Waals surface area contributed by atoms with Crippen molar-refractivity contribution in [3.05, 3.63) is 70.8 Å². The predicted molar refractivity (Wildman–Crippen MR) is 113 cm³/mol. The van der Waals surface area contributed by atoms with Crippen molar-refractivity contribution in [2.75, 3.05) is 20.1 Å². The van der Waals surface area contributed by atoms with E-state index in [2.05, 4.69) is 80.4 Å². The molecule has 0 radical (unpaired) electrons. The van der Waals surface area contributed by atoms with Gasteiger partial charge in [-0.05, 0) is 87.7 Å². The Hall–Kier alpha value is -2.11. The van der Waals surface area contributed by atoms with Crippen molar-refractivity contribution in [1.29, 1.82) is 5.26 Å². The van der Waals surface area contributed by atoms with Crippen LogP contribution in [0.25, 0.3) is 0 Å². The van der Waals surface area contributed by atoms with E-state index in [1.165, 1.54) is 35.1 Å². The first kappa shape index (κ1) is 19.6. The number of nitrogens with zero attached hydrogens (tertiary/aromatic N) is 2. The first-order valence-electron chi connectivity index (χ1n) is 10.3. The summed E-state index contributed by atoms with van der Waals surface area (Å²) in [6.07, 6.45) is 5.52. The van der Waals surface area contributed by atoms with E-state index >= 15 is 0 Å². The van der Waals surface area contributed by atoms with Crippen molar-refractivity contribution in [2.45, 2.75) is 51.4 Å². The molecule has 0 bridgehead atoms. The van der Waals surface area contributed by atoms with Crippen LogP contribution in [-0.2, 0) is 11.8 Å². The van der Waals surface area contributed by atoms with Crippen LogP contribution < -0.4 is 0 Å². The van der Waals surface area contributed by atoms with Crippen molar-refractivity contribution in [2.24, 2.45) is 5.92 Å². The van der Waals surface area contributed by atoms with Crippen molar-refractivity contribution < 1.29 is 0 Å². The van der Waals surface area contributed by atoms with E-state index in [1.807, 2.05) is 0 Å². The Labute approximate surface area is 164 Å². The van der Waals surface area contributed by atoms with E-state index in [0.717, 1.165) is 32.4 Å². The van der Waals surface area contributed by atoms with Gasteiger partial charge in [0, 0.05) is 6.54 Å². The lowest BCUT2D eigenvalue weighted by Gasteiger charge is -2.29. The number of hydrogen-bond acceptors (Lipinski definition) is 2. The molecule has 2 nitrogen and oxygen atoms in total. The molecule has 1 fully saturated rings. The second-order valence-electron chi connectivity index (χ2n) is 8.30. The molecule has 2 aromatic rings. The van der Waals surface area contributed by atoms with E-state index in [-0.39, 0.29) is 5.41 Å². The normalized spacial score (nSPS) is 16.1. The molecular weight excluding hydrogens is 328 g/mol. The number of nitriles is 1. The molecule has 0 amide bonds. The van der Waals surface area contributed by atoms with Crippen LogP contribution in [0.4, 0.5) is 0 Å². The smallest absolute Gasteiger partial charge is 0.0851 e. The van der Waals surface area contributed by atoms with Gasteiger partial charge >= 0.3 is 0 Å². The summed E-state index contributed by atoms with van der Waals surface area (Å²) in [5, 5.41) is 10.2. The Morgan fingerprint density at radius 3 is 2.41 bits per heavy atom. The first-order valence-corrected chi connectivity index (χ1v) is 10.3. The summed E-state index contributed by atoms with van der Waals surface area (Å²) in [7, 11) is 2.20. The molecule has 1 saturated carbocycles. The third kappa shape index (κ3) is 4.79. The molecule has 0 spiro atoms. The fraction of sp³-hybridized carbons (Fsp3) is 0.480. The summed E-state index contributed by atoms with van der Waals surface area (Å²) < 4.78 is 0. The number of likely N-dealkylation sites (N-methyl/N-ethyl adjacent to an activating group) is 1. The molecular formula is C25H32N2. The van der Waals surface area contributed by atoms with Gasteiger partial charge in [-0.3, -0.25) is 0 Å². The van der Waals surface area contributed by atoms with Gasteiger partial charge in [0.1, 0.15) is 0 Å². The van der Waals surface area contributed by atoms with Gasteiger partial charge in [0.15, 0.2) is 0 Å². The molecule has 0 N–H and O–H groups in total. The molecule has 3 rings (SSSR count). The zero-order valence-corrected chi connectivity index (χ0v) is 17.0. The van der Waals surface area contributed by atoms with E-state index < -0.39 is 0 Å². The molecule has 0 aliphatic heterocycles. The monoisotopic (exact) mass is 360 g/mol. The maximum atomic E-state index is 10.2. The lowest BCUT2D eigenvalue weighted by molar-refractivity contribution is 0.308. The molecule has 2 heteroatoms. The van der Waals surface area contributed by atoms with Gasteiger partial charge in [0.25, 0.3) is 0 Å². The highest BCUT2D eigenvalue weighted by atomic mass is 15.1. The third-order valence-corrected chi connectivity index (χ3v) is 6.23. The quantitative estimate of drug-likeness (QED) is 0.596. The molecule has 27 heavy (non-hydrogen) atoms. The number of aryl methyl sites for hydroxylation is 2. The molecule has 142 valence electrons. The standard InChI is InChI=1S/C25H32N2/c1-20-10-11-24(18-21(20)2)25(19-26,23-12-13-23)15-7-16-27(3)17-14-22-8-5-4-6-9-22/h4-6,8-11,18,23H,7,12-17H2,1-3H3. The molecule has 1 aliphatic carbocycles. The summed E-state index contributed by atoms with van der Waals surface area (Å²) in [6.45, 7) is 6.42. The van der Waals surface area contributed by atoms with Crippen molar-refractivity contribution in [3.8, 4) is 6.07 Å². The first-order chi connectivity index (χ1) is 13.0. The van der Waals surface area contributed by atoms with Gasteiger partial charge in [0.2, 0.25) is 0 Å². The van der Waals surface area contributed by atoms with Crippen LogP contribution in [0.15, 0.2) is 48.5 Å². The summed E-state index contributed by atoms with van der Waals surface area (Å²) >= 11 is 0. The van der Waals surface area contributed by atoms with Crippen LogP contribution in [-0.4, -0.2) is 25.0 Å². The molecule has 2 aromatic carbocycles. The van der Waals surface area contributed by atoms with Gasteiger partial charge in [0.05, 0.1) is 11.5 Å². The highest BCUT2D eigenvalue weighted by molar-refractivity contribution is 5.40. The largest absolute Gasteiger partial charge is 0.306 e. The highest BCUT2D eigenvalue weighted by Gasteiger charge is 2.46. The SMILES string of the molecule is Cc1ccc(C(C#N)(CCCN(C)CCc2ccccc2)C2CC2)cc1C. The minimum atomic E-state index is -0.293. The molecule has 1 aliphatic rings. The van der Waals surface area contributed by atoms with Gasteiger partial charge in [-0.2, -0.15) is 5.26 Å².